The van der Waals surface area contributed by atoms with Crippen molar-refractivity contribution >= 4 is 5.78 Å². The maximum atomic E-state index is 11.8. The van der Waals surface area contributed by atoms with Crippen LogP contribution >= 0.6 is 0 Å². The van der Waals surface area contributed by atoms with Crippen molar-refractivity contribution in [2.45, 2.75) is 18.8 Å². The standard InChI is InChI=1S/C15H21NO4/c1-19-11-14(18)15(20-2)13(17)8-9-16-10-12-6-4-3-5-7-12/h3-9,14-16,18H,10-11H2,1-2H3/b9-8+/t14-,15-/m1/s1. The Kier molecular flexibility index (Phi) is 7.57. The Morgan fingerprint density at radius 3 is 2.65 bits per heavy atom. The Hall–Kier alpha value is -1.69. The fourth-order valence-electron chi connectivity index (χ4n) is 1.73. The third kappa shape index (κ3) is 5.52. The molecule has 0 saturated heterocycles. The highest BCUT2D eigenvalue weighted by molar-refractivity contribution is 5.93. The van der Waals surface area contributed by atoms with E-state index >= 15 is 0 Å². The normalized spacial score (nSPS) is 14.2. The Morgan fingerprint density at radius 1 is 1.35 bits per heavy atom. The van der Waals surface area contributed by atoms with Gasteiger partial charge in [-0.05, 0) is 11.6 Å². The van der Waals surface area contributed by atoms with Crippen molar-refractivity contribution in [3.8, 4) is 0 Å². The van der Waals surface area contributed by atoms with Crippen LogP contribution in [0.15, 0.2) is 42.6 Å². The molecule has 0 aliphatic heterocycles. The SMILES string of the molecule is COC[C@@H](O)[C@H](OC)C(=O)/C=C/NCc1ccccc1. The van der Waals surface area contributed by atoms with Gasteiger partial charge in [0.2, 0.25) is 0 Å². The first-order valence-corrected chi connectivity index (χ1v) is 6.36. The number of aliphatic hydroxyl groups excluding tert-OH is 1. The molecule has 0 saturated carbocycles. The molecule has 0 spiro atoms. The Morgan fingerprint density at radius 2 is 2.05 bits per heavy atom. The summed E-state index contributed by atoms with van der Waals surface area (Å²) < 4.78 is 9.78. The molecule has 0 aromatic heterocycles. The minimum atomic E-state index is -0.976. The number of benzene rings is 1. The van der Waals surface area contributed by atoms with Gasteiger partial charge in [-0.1, -0.05) is 30.3 Å². The van der Waals surface area contributed by atoms with Gasteiger partial charge in [-0.2, -0.15) is 0 Å². The van der Waals surface area contributed by atoms with Gasteiger partial charge < -0.3 is 19.9 Å². The number of carbonyl (C=O) groups excluding carboxylic acids is 1. The molecule has 0 bridgehead atoms. The predicted octanol–water partition coefficient (Wildman–Crippen LogP) is 0.881. The van der Waals surface area contributed by atoms with Gasteiger partial charge in [-0.25, -0.2) is 0 Å². The van der Waals surface area contributed by atoms with Gasteiger partial charge in [0.05, 0.1) is 6.61 Å². The second-order valence-electron chi connectivity index (χ2n) is 4.28. The molecule has 0 amide bonds. The van der Waals surface area contributed by atoms with Gasteiger partial charge in [-0.3, -0.25) is 4.79 Å². The lowest BCUT2D eigenvalue weighted by atomic mass is 10.1. The molecule has 1 rings (SSSR count). The largest absolute Gasteiger partial charge is 0.387 e. The van der Waals surface area contributed by atoms with Gasteiger partial charge >= 0.3 is 0 Å². The van der Waals surface area contributed by atoms with Crippen molar-refractivity contribution < 1.29 is 19.4 Å². The smallest absolute Gasteiger partial charge is 0.188 e. The van der Waals surface area contributed by atoms with Crippen LogP contribution in [0.5, 0.6) is 0 Å². The van der Waals surface area contributed by atoms with Gasteiger partial charge in [0, 0.05) is 27.0 Å². The molecule has 5 nitrogen and oxygen atoms in total. The molecule has 0 radical (unpaired) electrons. The van der Waals surface area contributed by atoms with Gasteiger partial charge in [0.15, 0.2) is 5.78 Å². The van der Waals surface area contributed by atoms with Crippen LogP contribution in [0.1, 0.15) is 5.56 Å². The molecule has 0 heterocycles. The number of rotatable bonds is 9. The van der Waals surface area contributed by atoms with E-state index in [1.165, 1.54) is 20.3 Å². The van der Waals surface area contributed by atoms with E-state index in [0.717, 1.165) is 5.56 Å². The summed E-state index contributed by atoms with van der Waals surface area (Å²) in [5.74, 6) is -0.308. The van der Waals surface area contributed by atoms with Gasteiger partial charge in [0.1, 0.15) is 12.2 Å². The summed E-state index contributed by atoms with van der Waals surface area (Å²) >= 11 is 0. The van der Waals surface area contributed by atoms with Gasteiger partial charge in [0.25, 0.3) is 0 Å². The third-order valence-electron chi connectivity index (χ3n) is 2.74. The summed E-state index contributed by atoms with van der Waals surface area (Å²) in [6.45, 7) is 0.679. The zero-order valence-corrected chi connectivity index (χ0v) is 11.8. The number of hydrogen-bond donors (Lipinski definition) is 2. The van der Waals surface area contributed by atoms with Crippen LogP contribution in [-0.2, 0) is 20.8 Å². The van der Waals surface area contributed by atoms with Gasteiger partial charge in [-0.15, -0.1) is 0 Å². The number of aliphatic hydroxyl groups is 1. The van der Waals surface area contributed by atoms with Crippen LogP contribution in [0.4, 0.5) is 0 Å². The maximum absolute atomic E-state index is 11.8. The van der Waals surface area contributed by atoms with Crippen LogP contribution < -0.4 is 5.32 Å². The number of nitrogens with one attached hydrogen (secondary N) is 1. The zero-order chi connectivity index (χ0) is 14.8. The molecule has 2 atom stereocenters. The monoisotopic (exact) mass is 279 g/mol. The van der Waals surface area contributed by atoms with Crippen molar-refractivity contribution in [1.29, 1.82) is 0 Å². The van der Waals surface area contributed by atoms with E-state index in [2.05, 4.69) is 5.32 Å². The summed E-state index contributed by atoms with van der Waals surface area (Å²) in [5, 5.41) is 12.7. The highest BCUT2D eigenvalue weighted by atomic mass is 16.5. The molecule has 0 unspecified atom stereocenters. The number of hydrogen-bond acceptors (Lipinski definition) is 5. The van der Waals surface area contributed by atoms with E-state index in [9.17, 15) is 9.90 Å². The summed E-state index contributed by atoms with van der Waals surface area (Å²) in [5.41, 5.74) is 1.12. The van der Waals surface area contributed by atoms with Crippen LogP contribution in [0.3, 0.4) is 0 Å². The fraction of sp³-hybridized carbons (Fsp3) is 0.400. The van der Waals surface area contributed by atoms with Crippen molar-refractivity contribution in [2.24, 2.45) is 0 Å². The lowest BCUT2D eigenvalue weighted by Crippen LogP contribution is -2.37. The fourth-order valence-corrected chi connectivity index (χ4v) is 1.73. The number of methoxy groups -OCH3 is 2. The average molecular weight is 279 g/mol. The molecular formula is C15H21NO4. The highest BCUT2D eigenvalue weighted by Gasteiger charge is 2.24. The number of ether oxygens (including phenoxy) is 2. The summed E-state index contributed by atoms with van der Waals surface area (Å²) in [4.78, 5) is 11.8. The molecule has 0 aliphatic carbocycles. The van der Waals surface area contributed by atoms with E-state index in [-0.39, 0.29) is 12.4 Å². The third-order valence-corrected chi connectivity index (χ3v) is 2.74. The lowest BCUT2D eigenvalue weighted by molar-refractivity contribution is -0.133. The second kappa shape index (κ2) is 9.25. The van der Waals surface area contributed by atoms with Crippen molar-refractivity contribution in [2.75, 3.05) is 20.8 Å². The molecule has 5 heteroatoms. The summed E-state index contributed by atoms with van der Waals surface area (Å²) in [6, 6.07) is 9.83. The molecular weight excluding hydrogens is 258 g/mol. The first-order valence-electron chi connectivity index (χ1n) is 6.36. The maximum Gasteiger partial charge on any atom is 0.188 e. The minimum Gasteiger partial charge on any atom is -0.387 e. The molecule has 110 valence electrons. The predicted molar refractivity (Wildman–Crippen MR) is 76.1 cm³/mol. The quantitative estimate of drug-likeness (QED) is 0.657. The zero-order valence-electron chi connectivity index (χ0n) is 11.8. The number of carbonyl (C=O) groups is 1. The van der Waals surface area contributed by atoms with Crippen LogP contribution in [0.2, 0.25) is 0 Å². The van der Waals surface area contributed by atoms with E-state index in [0.29, 0.717) is 6.54 Å². The topological polar surface area (TPSA) is 67.8 Å². The molecule has 1 aromatic carbocycles. The van der Waals surface area contributed by atoms with Crippen molar-refractivity contribution in [3.05, 3.63) is 48.2 Å². The lowest BCUT2D eigenvalue weighted by Gasteiger charge is -2.18. The first-order chi connectivity index (χ1) is 9.69. The number of ketones is 1. The molecule has 0 aliphatic rings. The summed E-state index contributed by atoms with van der Waals surface area (Å²) in [6.07, 6.45) is 1.03. The molecule has 2 N–H and O–H groups in total. The summed E-state index contributed by atoms with van der Waals surface area (Å²) in [7, 11) is 2.84. The molecule has 0 fully saturated rings. The Balaban J connectivity index is 2.41. The van der Waals surface area contributed by atoms with Crippen LogP contribution in [-0.4, -0.2) is 43.9 Å². The van der Waals surface area contributed by atoms with E-state index in [1.54, 1.807) is 6.20 Å². The average Bonchev–Trinajstić information content (AvgIpc) is 2.46. The van der Waals surface area contributed by atoms with Crippen LogP contribution in [0.25, 0.3) is 0 Å². The first kappa shape index (κ1) is 16.4. The van der Waals surface area contributed by atoms with Crippen molar-refractivity contribution in [3.63, 3.8) is 0 Å². The van der Waals surface area contributed by atoms with Crippen molar-refractivity contribution in [1.82, 2.24) is 5.32 Å². The minimum absolute atomic E-state index is 0.0511. The Labute approximate surface area is 119 Å². The molecule has 20 heavy (non-hydrogen) atoms. The highest BCUT2D eigenvalue weighted by Crippen LogP contribution is 2.02. The van der Waals surface area contributed by atoms with Crippen LogP contribution in [0, 0.1) is 0 Å². The molecule has 1 aromatic rings. The van der Waals surface area contributed by atoms with E-state index in [4.69, 9.17) is 9.47 Å². The van der Waals surface area contributed by atoms with E-state index < -0.39 is 12.2 Å². The van der Waals surface area contributed by atoms with E-state index in [1.807, 2.05) is 30.3 Å². The Bertz CT molecular complexity index is 419. The second-order valence-corrected chi connectivity index (χ2v) is 4.28.